The van der Waals surface area contributed by atoms with Crippen molar-refractivity contribution in [2.45, 2.75) is 6.92 Å². The van der Waals surface area contributed by atoms with E-state index in [0.29, 0.717) is 11.0 Å². The highest BCUT2D eigenvalue weighted by molar-refractivity contribution is 7.18. The minimum absolute atomic E-state index is 0.510. The van der Waals surface area contributed by atoms with Gasteiger partial charge in [-0.1, -0.05) is 11.6 Å². The zero-order valence-corrected chi connectivity index (χ0v) is 10.7. The molecule has 80 valence electrons. The second kappa shape index (κ2) is 3.76. The standard InChI is InChI=1S/C10H6ClN3S2/c1-5-2-7-8(11)13-9(14-10(7)16-5)6-3-12-15-4-6/h2-4H,1H3. The second-order valence-electron chi connectivity index (χ2n) is 3.33. The van der Waals surface area contributed by atoms with Crippen LogP contribution < -0.4 is 0 Å². The number of nitrogens with zero attached hydrogens (tertiary/aromatic N) is 3. The molecule has 16 heavy (non-hydrogen) atoms. The summed E-state index contributed by atoms with van der Waals surface area (Å²) in [5, 5.41) is 3.35. The number of hydrogen-bond donors (Lipinski definition) is 0. The first-order chi connectivity index (χ1) is 7.74. The highest BCUT2D eigenvalue weighted by Gasteiger charge is 2.10. The van der Waals surface area contributed by atoms with Crippen molar-refractivity contribution in [3.8, 4) is 11.4 Å². The number of halogens is 1. The lowest BCUT2D eigenvalue weighted by Crippen LogP contribution is -1.87. The molecule has 3 heterocycles. The Balaban J connectivity index is 2.28. The molecule has 0 aliphatic carbocycles. The van der Waals surface area contributed by atoms with Crippen LogP contribution in [0.1, 0.15) is 4.88 Å². The molecule has 0 aliphatic rings. The van der Waals surface area contributed by atoms with Crippen LogP contribution in [0.2, 0.25) is 5.15 Å². The molecule has 0 aliphatic heterocycles. The molecule has 0 unspecified atom stereocenters. The molecule has 0 saturated carbocycles. The third-order valence-corrected chi connectivity index (χ3v) is 3.98. The monoisotopic (exact) mass is 267 g/mol. The molecule has 0 spiro atoms. The van der Waals surface area contributed by atoms with Crippen molar-refractivity contribution >= 4 is 44.7 Å². The summed E-state index contributed by atoms with van der Waals surface area (Å²) in [6.07, 6.45) is 1.75. The summed E-state index contributed by atoms with van der Waals surface area (Å²) in [5.74, 6) is 0.646. The Morgan fingerprint density at radius 1 is 1.31 bits per heavy atom. The topological polar surface area (TPSA) is 38.7 Å². The minimum Gasteiger partial charge on any atom is -0.217 e. The lowest BCUT2D eigenvalue weighted by molar-refractivity contribution is 1.24. The highest BCUT2D eigenvalue weighted by atomic mass is 35.5. The SMILES string of the molecule is Cc1cc2c(Cl)nc(-c3cnsc3)nc2s1. The summed E-state index contributed by atoms with van der Waals surface area (Å²) in [7, 11) is 0. The van der Waals surface area contributed by atoms with Gasteiger partial charge in [0, 0.05) is 15.6 Å². The van der Waals surface area contributed by atoms with Gasteiger partial charge in [0.1, 0.15) is 9.98 Å². The molecule has 3 aromatic rings. The summed E-state index contributed by atoms with van der Waals surface area (Å²) < 4.78 is 4.04. The maximum absolute atomic E-state index is 6.13. The molecule has 0 aromatic carbocycles. The molecule has 0 saturated heterocycles. The van der Waals surface area contributed by atoms with Gasteiger partial charge in [-0.2, -0.15) is 0 Å². The Morgan fingerprint density at radius 3 is 2.94 bits per heavy atom. The van der Waals surface area contributed by atoms with Crippen molar-refractivity contribution in [2.75, 3.05) is 0 Å². The summed E-state index contributed by atoms with van der Waals surface area (Å²) in [4.78, 5) is 10.9. The first-order valence-electron chi connectivity index (χ1n) is 4.57. The van der Waals surface area contributed by atoms with Gasteiger partial charge in [0.05, 0.1) is 11.8 Å². The largest absolute Gasteiger partial charge is 0.217 e. The number of hydrogen-bond acceptors (Lipinski definition) is 5. The summed E-state index contributed by atoms with van der Waals surface area (Å²) in [5.41, 5.74) is 0.917. The third-order valence-electron chi connectivity index (χ3n) is 2.16. The van der Waals surface area contributed by atoms with Crippen molar-refractivity contribution < 1.29 is 0 Å². The van der Waals surface area contributed by atoms with E-state index in [9.17, 15) is 0 Å². The van der Waals surface area contributed by atoms with E-state index < -0.39 is 0 Å². The van der Waals surface area contributed by atoms with Crippen LogP contribution in [0.5, 0.6) is 0 Å². The lowest BCUT2D eigenvalue weighted by Gasteiger charge is -1.97. The van der Waals surface area contributed by atoms with Gasteiger partial charge < -0.3 is 0 Å². The van der Waals surface area contributed by atoms with Gasteiger partial charge in [-0.15, -0.1) is 11.3 Å². The molecule has 3 rings (SSSR count). The van der Waals surface area contributed by atoms with Gasteiger partial charge in [0.25, 0.3) is 0 Å². The summed E-state index contributed by atoms with van der Waals surface area (Å²) in [6, 6.07) is 2.01. The molecular weight excluding hydrogens is 262 g/mol. The van der Waals surface area contributed by atoms with E-state index in [2.05, 4.69) is 14.3 Å². The normalized spacial score (nSPS) is 11.1. The molecule has 3 nitrogen and oxygen atoms in total. The quantitative estimate of drug-likeness (QED) is 0.630. The van der Waals surface area contributed by atoms with Gasteiger partial charge in [0.2, 0.25) is 0 Å². The average molecular weight is 268 g/mol. The number of fused-ring (bicyclic) bond motifs is 1. The maximum Gasteiger partial charge on any atom is 0.164 e. The van der Waals surface area contributed by atoms with Crippen LogP contribution in [0.3, 0.4) is 0 Å². The minimum atomic E-state index is 0.510. The van der Waals surface area contributed by atoms with E-state index in [-0.39, 0.29) is 0 Å². The number of aryl methyl sites for hydroxylation is 1. The maximum atomic E-state index is 6.13. The molecule has 0 radical (unpaired) electrons. The highest BCUT2D eigenvalue weighted by Crippen LogP contribution is 2.30. The number of rotatable bonds is 1. The predicted molar refractivity (Wildman–Crippen MR) is 68.3 cm³/mol. The Bertz CT molecular complexity index is 645. The fourth-order valence-corrected chi connectivity index (χ4v) is 3.13. The molecule has 0 bridgehead atoms. The Labute approximate surface area is 105 Å². The second-order valence-corrected chi connectivity index (χ2v) is 5.58. The Kier molecular flexibility index (Phi) is 2.38. The fourth-order valence-electron chi connectivity index (χ4n) is 1.45. The van der Waals surface area contributed by atoms with Crippen molar-refractivity contribution in [3.63, 3.8) is 0 Å². The molecule has 0 atom stereocenters. The average Bonchev–Trinajstić information content (AvgIpc) is 2.84. The van der Waals surface area contributed by atoms with Gasteiger partial charge in [-0.25, -0.2) is 14.3 Å². The first-order valence-corrected chi connectivity index (χ1v) is 6.60. The van der Waals surface area contributed by atoms with E-state index in [1.54, 1.807) is 17.5 Å². The smallest absolute Gasteiger partial charge is 0.164 e. The molecular formula is C10H6ClN3S2. The van der Waals surface area contributed by atoms with Crippen LogP contribution in [0, 0.1) is 6.92 Å². The van der Waals surface area contributed by atoms with E-state index in [4.69, 9.17) is 11.6 Å². The van der Waals surface area contributed by atoms with Gasteiger partial charge in [-0.05, 0) is 24.5 Å². The zero-order valence-electron chi connectivity index (χ0n) is 8.27. The van der Waals surface area contributed by atoms with Crippen molar-refractivity contribution in [3.05, 3.63) is 27.7 Å². The molecule has 0 N–H and O–H groups in total. The van der Waals surface area contributed by atoms with E-state index in [0.717, 1.165) is 15.8 Å². The number of aromatic nitrogens is 3. The van der Waals surface area contributed by atoms with Crippen LogP contribution >= 0.6 is 34.5 Å². The van der Waals surface area contributed by atoms with Gasteiger partial charge in [0.15, 0.2) is 5.82 Å². The third kappa shape index (κ3) is 1.61. The summed E-state index contributed by atoms with van der Waals surface area (Å²) in [6.45, 7) is 2.04. The molecule has 0 amide bonds. The fraction of sp³-hybridized carbons (Fsp3) is 0.100. The molecule has 6 heteroatoms. The van der Waals surface area contributed by atoms with Crippen LogP contribution in [0.25, 0.3) is 21.6 Å². The predicted octanol–water partition coefficient (Wildman–Crippen LogP) is 3.78. The summed E-state index contributed by atoms with van der Waals surface area (Å²) >= 11 is 9.14. The van der Waals surface area contributed by atoms with Crippen molar-refractivity contribution in [1.29, 1.82) is 0 Å². The van der Waals surface area contributed by atoms with Crippen molar-refractivity contribution in [1.82, 2.24) is 14.3 Å². The van der Waals surface area contributed by atoms with Crippen LogP contribution in [-0.4, -0.2) is 14.3 Å². The molecule has 3 aromatic heterocycles. The Hall–Kier alpha value is -1.04. The zero-order chi connectivity index (χ0) is 11.1. The lowest BCUT2D eigenvalue weighted by atomic mass is 10.3. The van der Waals surface area contributed by atoms with Gasteiger partial charge in [-0.3, -0.25) is 0 Å². The van der Waals surface area contributed by atoms with E-state index >= 15 is 0 Å². The van der Waals surface area contributed by atoms with Gasteiger partial charge >= 0.3 is 0 Å². The Morgan fingerprint density at radius 2 is 2.19 bits per heavy atom. The number of thiophene rings is 1. The first kappa shape index (κ1) is 10.1. The van der Waals surface area contributed by atoms with Crippen LogP contribution in [0.4, 0.5) is 0 Å². The van der Waals surface area contributed by atoms with Crippen LogP contribution in [0.15, 0.2) is 17.6 Å². The van der Waals surface area contributed by atoms with E-state index in [1.165, 1.54) is 16.4 Å². The van der Waals surface area contributed by atoms with E-state index in [1.807, 2.05) is 18.4 Å². The van der Waals surface area contributed by atoms with Crippen molar-refractivity contribution in [2.24, 2.45) is 0 Å². The molecule has 0 fully saturated rings. The van der Waals surface area contributed by atoms with Crippen LogP contribution in [-0.2, 0) is 0 Å².